The maximum absolute atomic E-state index is 13.5. The van der Waals surface area contributed by atoms with E-state index in [1.165, 1.54) is 6.20 Å². The Morgan fingerprint density at radius 3 is 2.89 bits per heavy atom. The molecule has 0 saturated carbocycles. The zero-order valence-electron chi connectivity index (χ0n) is 10.6. The highest BCUT2D eigenvalue weighted by molar-refractivity contribution is 5.20. The molecule has 4 nitrogen and oxygen atoms in total. The van der Waals surface area contributed by atoms with E-state index in [1.807, 2.05) is 13.1 Å². The van der Waals surface area contributed by atoms with Gasteiger partial charge >= 0.3 is 0 Å². The van der Waals surface area contributed by atoms with E-state index in [4.69, 9.17) is 5.73 Å². The van der Waals surface area contributed by atoms with E-state index in [0.29, 0.717) is 12.0 Å². The normalized spacial score (nSPS) is 12.7. The number of hydrogen-bond acceptors (Lipinski definition) is 3. The van der Waals surface area contributed by atoms with Crippen LogP contribution in [0.25, 0.3) is 0 Å². The van der Waals surface area contributed by atoms with Crippen molar-refractivity contribution in [2.24, 2.45) is 12.8 Å². The third-order valence-corrected chi connectivity index (χ3v) is 3.02. The second kappa shape index (κ2) is 5.27. The lowest BCUT2D eigenvalue weighted by molar-refractivity contribution is 0.564. The van der Waals surface area contributed by atoms with Crippen LogP contribution in [-0.4, -0.2) is 14.8 Å². The maximum atomic E-state index is 13.5. The number of rotatable bonds is 4. The SMILES string of the molecule is CCc1cc(CC(N)c2ccncc2F)n(C)n1. The Balaban J connectivity index is 2.18. The highest BCUT2D eigenvalue weighted by atomic mass is 19.1. The smallest absolute Gasteiger partial charge is 0.146 e. The van der Waals surface area contributed by atoms with Crippen LogP contribution in [-0.2, 0) is 19.9 Å². The summed E-state index contributed by atoms with van der Waals surface area (Å²) in [7, 11) is 1.88. The zero-order valence-corrected chi connectivity index (χ0v) is 10.6. The molecule has 0 aliphatic heterocycles. The highest BCUT2D eigenvalue weighted by Crippen LogP contribution is 2.18. The van der Waals surface area contributed by atoms with E-state index >= 15 is 0 Å². The number of aromatic nitrogens is 3. The fraction of sp³-hybridized carbons (Fsp3) is 0.385. The second-order valence-corrected chi connectivity index (χ2v) is 4.31. The lowest BCUT2D eigenvalue weighted by Gasteiger charge is -2.12. The summed E-state index contributed by atoms with van der Waals surface area (Å²) in [5, 5.41) is 4.35. The number of pyridine rings is 1. The van der Waals surface area contributed by atoms with Gasteiger partial charge in [0.05, 0.1) is 11.9 Å². The summed E-state index contributed by atoms with van der Waals surface area (Å²) in [6.45, 7) is 2.05. The van der Waals surface area contributed by atoms with Gasteiger partial charge in [-0.2, -0.15) is 5.10 Å². The fourth-order valence-corrected chi connectivity index (χ4v) is 1.96. The van der Waals surface area contributed by atoms with Crippen molar-refractivity contribution in [1.29, 1.82) is 0 Å². The Kier molecular flexibility index (Phi) is 3.72. The molecular formula is C13H17FN4. The minimum atomic E-state index is -0.381. The van der Waals surface area contributed by atoms with Gasteiger partial charge in [0.1, 0.15) is 5.82 Å². The molecule has 96 valence electrons. The molecule has 0 saturated heterocycles. The molecule has 0 bridgehead atoms. The van der Waals surface area contributed by atoms with Gasteiger partial charge in [0.15, 0.2) is 0 Å². The summed E-state index contributed by atoms with van der Waals surface area (Å²) in [5.41, 5.74) is 8.56. The summed E-state index contributed by atoms with van der Waals surface area (Å²) in [6, 6.07) is 3.25. The first-order valence-corrected chi connectivity index (χ1v) is 5.98. The average Bonchev–Trinajstić information content (AvgIpc) is 2.70. The lowest BCUT2D eigenvalue weighted by atomic mass is 10.0. The fourth-order valence-electron chi connectivity index (χ4n) is 1.96. The van der Waals surface area contributed by atoms with Crippen LogP contribution in [0.5, 0.6) is 0 Å². The monoisotopic (exact) mass is 248 g/mol. The Bertz CT molecular complexity index is 536. The Morgan fingerprint density at radius 1 is 1.50 bits per heavy atom. The van der Waals surface area contributed by atoms with Crippen LogP contribution in [0.1, 0.15) is 29.9 Å². The lowest BCUT2D eigenvalue weighted by Crippen LogP contribution is -2.16. The first-order chi connectivity index (χ1) is 8.61. The molecule has 2 aromatic heterocycles. The molecule has 0 spiro atoms. The first-order valence-electron chi connectivity index (χ1n) is 5.98. The van der Waals surface area contributed by atoms with Crippen LogP contribution >= 0.6 is 0 Å². The van der Waals surface area contributed by atoms with Crippen LogP contribution in [0.15, 0.2) is 24.5 Å². The largest absolute Gasteiger partial charge is 0.324 e. The van der Waals surface area contributed by atoms with Gasteiger partial charge in [0, 0.05) is 37.0 Å². The number of nitrogens with two attached hydrogens (primary N) is 1. The molecule has 5 heteroatoms. The Hall–Kier alpha value is -1.75. The van der Waals surface area contributed by atoms with E-state index < -0.39 is 0 Å². The zero-order chi connectivity index (χ0) is 13.1. The van der Waals surface area contributed by atoms with Gasteiger partial charge in [-0.25, -0.2) is 4.39 Å². The number of aryl methyl sites for hydroxylation is 2. The molecule has 18 heavy (non-hydrogen) atoms. The van der Waals surface area contributed by atoms with Crippen LogP contribution < -0.4 is 5.73 Å². The summed E-state index contributed by atoms with van der Waals surface area (Å²) < 4.78 is 15.4. The molecule has 0 amide bonds. The number of nitrogens with zero attached hydrogens (tertiary/aromatic N) is 3. The van der Waals surface area contributed by atoms with Crippen molar-refractivity contribution < 1.29 is 4.39 Å². The third-order valence-electron chi connectivity index (χ3n) is 3.02. The van der Waals surface area contributed by atoms with Crippen molar-refractivity contribution in [3.8, 4) is 0 Å². The van der Waals surface area contributed by atoms with Crippen molar-refractivity contribution in [2.75, 3.05) is 0 Å². The molecule has 2 aromatic rings. The van der Waals surface area contributed by atoms with Crippen LogP contribution in [0.3, 0.4) is 0 Å². The van der Waals surface area contributed by atoms with Crippen molar-refractivity contribution >= 4 is 0 Å². The molecule has 0 aromatic carbocycles. The van der Waals surface area contributed by atoms with Crippen molar-refractivity contribution in [1.82, 2.24) is 14.8 Å². The Labute approximate surface area is 106 Å². The molecule has 1 unspecified atom stereocenters. The second-order valence-electron chi connectivity index (χ2n) is 4.31. The summed E-state index contributed by atoms with van der Waals surface area (Å²) in [4.78, 5) is 3.72. The van der Waals surface area contributed by atoms with E-state index in [-0.39, 0.29) is 11.9 Å². The average molecular weight is 248 g/mol. The highest BCUT2D eigenvalue weighted by Gasteiger charge is 2.14. The molecule has 1 atom stereocenters. The van der Waals surface area contributed by atoms with Crippen LogP contribution in [0.2, 0.25) is 0 Å². The molecule has 2 heterocycles. The van der Waals surface area contributed by atoms with Gasteiger partial charge in [-0.05, 0) is 18.6 Å². The molecule has 2 rings (SSSR count). The van der Waals surface area contributed by atoms with E-state index in [0.717, 1.165) is 17.8 Å². The van der Waals surface area contributed by atoms with E-state index in [9.17, 15) is 4.39 Å². The third kappa shape index (κ3) is 2.56. The molecular weight excluding hydrogens is 231 g/mol. The Morgan fingerprint density at radius 2 is 2.28 bits per heavy atom. The van der Waals surface area contributed by atoms with Crippen molar-refractivity contribution in [3.63, 3.8) is 0 Å². The van der Waals surface area contributed by atoms with Crippen molar-refractivity contribution in [3.05, 3.63) is 47.3 Å². The van der Waals surface area contributed by atoms with Crippen molar-refractivity contribution in [2.45, 2.75) is 25.8 Å². The summed E-state index contributed by atoms with van der Waals surface area (Å²) >= 11 is 0. The van der Waals surface area contributed by atoms with Gasteiger partial charge in [-0.1, -0.05) is 6.92 Å². The summed E-state index contributed by atoms with van der Waals surface area (Å²) in [6.07, 6.45) is 4.19. The van der Waals surface area contributed by atoms with E-state index in [1.54, 1.807) is 16.9 Å². The molecule has 0 aliphatic rings. The van der Waals surface area contributed by atoms with Gasteiger partial charge in [-0.3, -0.25) is 9.67 Å². The predicted octanol–water partition coefficient (Wildman–Crippen LogP) is 1.76. The summed E-state index contributed by atoms with van der Waals surface area (Å²) in [5.74, 6) is -0.358. The minimum Gasteiger partial charge on any atom is -0.324 e. The first kappa shape index (κ1) is 12.7. The van der Waals surface area contributed by atoms with Crippen LogP contribution in [0.4, 0.5) is 4.39 Å². The van der Waals surface area contributed by atoms with E-state index in [2.05, 4.69) is 17.0 Å². The maximum Gasteiger partial charge on any atom is 0.146 e. The van der Waals surface area contributed by atoms with Gasteiger partial charge in [0.25, 0.3) is 0 Å². The number of hydrogen-bond donors (Lipinski definition) is 1. The standard InChI is InChI=1S/C13H17FN4/c1-3-9-6-10(18(2)17-9)7-13(15)11-4-5-16-8-12(11)14/h4-6,8,13H,3,7,15H2,1-2H3. The quantitative estimate of drug-likeness (QED) is 0.897. The van der Waals surface area contributed by atoms with Gasteiger partial charge in [-0.15, -0.1) is 0 Å². The van der Waals surface area contributed by atoms with Crippen LogP contribution in [0, 0.1) is 5.82 Å². The van der Waals surface area contributed by atoms with Gasteiger partial charge in [0.2, 0.25) is 0 Å². The molecule has 0 fully saturated rings. The number of halogens is 1. The molecule has 2 N–H and O–H groups in total. The predicted molar refractivity (Wildman–Crippen MR) is 67.4 cm³/mol. The minimum absolute atomic E-state index is 0.358. The molecule has 0 aliphatic carbocycles. The topological polar surface area (TPSA) is 56.7 Å². The molecule has 0 radical (unpaired) electrons. The van der Waals surface area contributed by atoms with Gasteiger partial charge < -0.3 is 5.73 Å².